The summed E-state index contributed by atoms with van der Waals surface area (Å²) < 4.78 is 0. The molecule has 1 amide bonds. The Morgan fingerprint density at radius 3 is 2.63 bits per heavy atom. The maximum absolute atomic E-state index is 13.3. The minimum absolute atomic E-state index is 0.00790. The Morgan fingerprint density at radius 1 is 1.15 bits per heavy atom. The summed E-state index contributed by atoms with van der Waals surface area (Å²) in [5, 5.41) is 0. The van der Waals surface area contributed by atoms with Crippen LogP contribution in [0, 0.1) is 5.92 Å². The van der Waals surface area contributed by atoms with Gasteiger partial charge in [0.25, 0.3) is 0 Å². The third-order valence-corrected chi connectivity index (χ3v) is 5.29. The molecule has 2 unspecified atom stereocenters. The van der Waals surface area contributed by atoms with Crippen molar-refractivity contribution in [3.05, 3.63) is 83.4 Å². The molecule has 3 nitrogen and oxygen atoms in total. The minimum Gasteiger partial charge on any atom is -0.335 e. The summed E-state index contributed by atoms with van der Waals surface area (Å²) in [4.78, 5) is 26.6. The zero-order valence-electron chi connectivity index (χ0n) is 15.9. The van der Waals surface area contributed by atoms with E-state index in [9.17, 15) is 9.59 Å². The number of nitrogens with zero attached hydrogens (tertiary/aromatic N) is 1. The van der Waals surface area contributed by atoms with Crippen LogP contribution in [0.25, 0.3) is 0 Å². The molecular weight excluding hydrogens is 334 g/mol. The number of carbonyl (C=O) groups excluding carboxylic acids is 2. The average Bonchev–Trinajstić information content (AvgIpc) is 2.88. The standard InChI is InChI=1S/C24H27NO2/c1-2-9-21(15-17-26)24-22-14-7-6-12-20(22)13-8-16-25(24)23(27)18-19-10-4-3-5-11-19/h2-7,9-12,14,17,21,24H,8,13,15-16,18H2,1H3/b9-2-. The first-order valence-corrected chi connectivity index (χ1v) is 9.72. The number of amides is 1. The second-order valence-electron chi connectivity index (χ2n) is 7.09. The molecule has 0 N–H and O–H groups in total. The molecule has 140 valence electrons. The summed E-state index contributed by atoms with van der Waals surface area (Å²) >= 11 is 0. The SMILES string of the molecule is C/C=C\C(CC=O)C1c2ccccc2CCCN1C(=O)Cc1ccccc1. The fraction of sp³-hybridized carbons (Fsp3) is 0.333. The van der Waals surface area contributed by atoms with E-state index in [1.807, 2.05) is 54.3 Å². The highest BCUT2D eigenvalue weighted by atomic mass is 16.2. The molecule has 0 aliphatic carbocycles. The van der Waals surface area contributed by atoms with Crippen molar-refractivity contribution in [2.24, 2.45) is 5.92 Å². The molecule has 27 heavy (non-hydrogen) atoms. The molecule has 1 aliphatic heterocycles. The average molecular weight is 361 g/mol. The van der Waals surface area contributed by atoms with Crippen molar-refractivity contribution < 1.29 is 9.59 Å². The first-order valence-electron chi connectivity index (χ1n) is 9.72. The van der Waals surface area contributed by atoms with Gasteiger partial charge in [0.15, 0.2) is 0 Å². The van der Waals surface area contributed by atoms with Gasteiger partial charge in [0.2, 0.25) is 5.91 Å². The summed E-state index contributed by atoms with van der Waals surface area (Å²) in [6.45, 7) is 2.69. The number of hydrogen-bond donors (Lipinski definition) is 0. The number of aldehydes is 1. The van der Waals surface area contributed by atoms with Crippen LogP contribution in [0.3, 0.4) is 0 Å². The lowest BCUT2D eigenvalue weighted by Crippen LogP contribution is -2.39. The van der Waals surface area contributed by atoms with Gasteiger partial charge in [-0.25, -0.2) is 0 Å². The van der Waals surface area contributed by atoms with E-state index in [-0.39, 0.29) is 17.9 Å². The summed E-state index contributed by atoms with van der Waals surface area (Å²) in [5.74, 6) is 0.120. The van der Waals surface area contributed by atoms with Crippen LogP contribution < -0.4 is 0 Å². The van der Waals surface area contributed by atoms with E-state index >= 15 is 0 Å². The lowest BCUT2D eigenvalue weighted by molar-refractivity contribution is -0.134. The summed E-state index contributed by atoms with van der Waals surface area (Å²) in [6, 6.07) is 18.1. The predicted octanol–water partition coefficient (Wildman–Crippen LogP) is 4.53. The van der Waals surface area contributed by atoms with Gasteiger partial charge in [-0.1, -0.05) is 66.7 Å². The lowest BCUT2D eigenvalue weighted by Gasteiger charge is -2.35. The van der Waals surface area contributed by atoms with Gasteiger partial charge in [-0.2, -0.15) is 0 Å². The molecule has 0 saturated carbocycles. The van der Waals surface area contributed by atoms with Crippen LogP contribution in [-0.4, -0.2) is 23.6 Å². The Hall–Kier alpha value is -2.68. The topological polar surface area (TPSA) is 37.4 Å². The van der Waals surface area contributed by atoms with Gasteiger partial charge in [0, 0.05) is 18.9 Å². The number of rotatable bonds is 6. The highest BCUT2D eigenvalue weighted by Gasteiger charge is 2.33. The van der Waals surface area contributed by atoms with E-state index < -0.39 is 0 Å². The maximum atomic E-state index is 13.3. The number of benzene rings is 2. The molecule has 1 heterocycles. The monoisotopic (exact) mass is 361 g/mol. The van der Waals surface area contributed by atoms with Crippen LogP contribution in [-0.2, 0) is 22.4 Å². The van der Waals surface area contributed by atoms with E-state index in [2.05, 4.69) is 24.3 Å². The molecule has 2 aromatic rings. The van der Waals surface area contributed by atoms with Gasteiger partial charge in [-0.3, -0.25) is 4.79 Å². The highest BCUT2D eigenvalue weighted by molar-refractivity contribution is 5.79. The Labute approximate surface area is 161 Å². The van der Waals surface area contributed by atoms with E-state index in [0.29, 0.717) is 12.8 Å². The van der Waals surface area contributed by atoms with Crippen LogP contribution in [0.2, 0.25) is 0 Å². The molecule has 2 aromatic carbocycles. The molecule has 0 spiro atoms. The highest BCUT2D eigenvalue weighted by Crippen LogP contribution is 2.37. The van der Waals surface area contributed by atoms with Crippen molar-refractivity contribution in [3.8, 4) is 0 Å². The zero-order chi connectivity index (χ0) is 19.1. The van der Waals surface area contributed by atoms with E-state index in [1.54, 1.807) is 0 Å². The Balaban J connectivity index is 1.98. The summed E-state index contributed by atoms with van der Waals surface area (Å²) in [6.07, 6.45) is 7.74. The Morgan fingerprint density at radius 2 is 1.89 bits per heavy atom. The van der Waals surface area contributed by atoms with Crippen LogP contribution in [0.15, 0.2) is 66.7 Å². The van der Waals surface area contributed by atoms with Gasteiger partial charge in [0.1, 0.15) is 6.29 Å². The van der Waals surface area contributed by atoms with E-state index in [1.165, 1.54) is 11.1 Å². The molecule has 3 rings (SSSR count). The van der Waals surface area contributed by atoms with Crippen molar-refractivity contribution in [1.29, 1.82) is 0 Å². The summed E-state index contributed by atoms with van der Waals surface area (Å²) in [7, 11) is 0. The van der Waals surface area contributed by atoms with Gasteiger partial charge >= 0.3 is 0 Å². The molecule has 0 radical (unpaired) electrons. The summed E-state index contributed by atoms with van der Waals surface area (Å²) in [5.41, 5.74) is 3.50. The van der Waals surface area contributed by atoms with Crippen molar-refractivity contribution in [3.63, 3.8) is 0 Å². The molecule has 2 atom stereocenters. The fourth-order valence-electron chi connectivity index (χ4n) is 4.08. The van der Waals surface area contributed by atoms with Gasteiger partial charge in [-0.05, 0) is 36.5 Å². The third-order valence-electron chi connectivity index (χ3n) is 5.29. The second-order valence-corrected chi connectivity index (χ2v) is 7.09. The fourth-order valence-corrected chi connectivity index (χ4v) is 4.08. The predicted molar refractivity (Wildman–Crippen MR) is 108 cm³/mol. The Bertz CT molecular complexity index is 797. The Kier molecular flexibility index (Phi) is 6.59. The van der Waals surface area contributed by atoms with Gasteiger partial charge < -0.3 is 9.69 Å². The first-order chi connectivity index (χ1) is 13.2. The number of fused-ring (bicyclic) bond motifs is 1. The molecule has 1 aliphatic rings. The zero-order valence-corrected chi connectivity index (χ0v) is 15.9. The number of aryl methyl sites for hydroxylation is 1. The molecule has 0 saturated heterocycles. The van der Waals surface area contributed by atoms with Crippen LogP contribution >= 0.6 is 0 Å². The normalized spacial score (nSPS) is 18.0. The quantitative estimate of drug-likeness (QED) is 0.560. The van der Waals surface area contributed by atoms with Crippen LogP contribution in [0.5, 0.6) is 0 Å². The molecule has 0 bridgehead atoms. The van der Waals surface area contributed by atoms with Crippen molar-refractivity contribution in [2.45, 2.75) is 38.6 Å². The first kappa shape index (κ1) is 19.1. The number of allylic oxidation sites excluding steroid dienone is 1. The molecular formula is C24H27NO2. The lowest BCUT2D eigenvalue weighted by atomic mass is 9.86. The van der Waals surface area contributed by atoms with Crippen molar-refractivity contribution >= 4 is 12.2 Å². The second kappa shape index (κ2) is 9.31. The largest absolute Gasteiger partial charge is 0.335 e. The van der Waals surface area contributed by atoms with Crippen LogP contribution in [0.1, 0.15) is 42.5 Å². The van der Waals surface area contributed by atoms with E-state index in [4.69, 9.17) is 0 Å². The van der Waals surface area contributed by atoms with E-state index in [0.717, 1.165) is 31.2 Å². The molecule has 0 fully saturated rings. The van der Waals surface area contributed by atoms with Crippen molar-refractivity contribution in [2.75, 3.05) is 6.54 Å². The van der Waals surface area contributed by atoms with Gasteiger partial charge in [-0.15, -0.1) is 0 Å². The van der Waals surface area contributed by atoms with Crippen molar-refractivity contribution in [1.82, 2.24) is 4.90 Å². The molecule has 3 heteroatoms. The van der Waals surface area contributed by atoms with Gasteiger partial charge in [0.05, 0.1) is 12.5 Å². The number of hydrogen-bond acceptors (Lipinski definition) is 2. The van der Waals surface area contributed by atoms with Crippen LogP contribution in [0.4, 0.5) is 0 Å². The molecule has 0 aromatic heterocycles. The smallest absolute Gasteiger partial charge is 0.227 e. The number of carbonyl (C=O) groups is 2. The third kappa shape index (κ3) is 4.54. The minimum atomic E-state index is -0.0960. The maximum Gasteiger partial charge on any atom is 0.227 e.